The molecule has 3 nitrogen and oxygen atoms in total. The van der Waals surface area contributed by atoms with Crippen LogP contribution >= 0.6 is 0 Å². The van der Waals surface area contributed by atoms with E-state index in [1.165, 1.54) is 0 Å². The number of rotatable bonds is 1. The van der Waals surface area contributed by atoms with Gasteiger partial charge in [-0.1, -0.05) is 0 Å². The average molecular weight is 128 g/mol. The molecule has 5 heteroatoms. The van der Waals surface area contributed by atoms with Crippen molar-refractivity contribution in [3.63, 3.8) is 0 Å². The molecule has 0 aliphatic rings. The Balaban J connectivity index is 3.57. The lowest BCUT2D eigenvalue weighted by atomic mass is 12.0. The predicted octanol–water partition coefficient (Wildman–Crippen LogP) is -1.11. The van der Waals surface area contributed by atoms with Crippen molar-refractivity contribution in [3.8, 4) is 0 Å². The van der Waals surface area contributed by atoms with Crippen LogP contribution in [0.3, 0.4) is 0 Å². The van der Waals surface area contributed by atoms with Gasteiger partial charge in [0.1, 0.15) is 6.26 Å². The topological polar surface area (TPSA) is 57.2 Å². The molecule has 0 N–H and O–H groups in total. The van der Waals surface area contributed by atoms with Crippen molar-refractivity contribution in [2.75, 3.05) is 6.26 Å². The highest BCUT2D eigenvalue weighted by atomic mass is 33.1. The predicted molar refractivity (Wildman–Crippen MR) is 24.4 cm³/mol. The van der Waals surface area contributed by atoms with Crippen molar-refractivity contribution >= 4 is 19.9 Å². The van der Waals surface area contributed by atoms with Crippen LogP contribution in [0.15, 0.2) is 0 Å². The third kappa shape index (κ3) is 2.49. The van der Waals surface area contributed by atoms with E-state index in [-0.39, 0.29) is 0 Å². The first-order chi connectivity index (χ1) is 2.64. The van der Waals surface area contributed by atoms with Crippen LogP contribution in [-0.4, -0.2) is 19.2 Å². The Morgan fingerprint density at radius 2 is 1.83 bits per heavy atom. The van der Waals surface area contributed by atoms with E-state index in [0.717, 1.165) is 6.26 Å². The van der Waals surface area contributed by atoms with Gasteiger partial charge in [-0.25, -0.2) is 0 Å². The summed E-state index contributed by atoms with van der Waals surface area (Å²) in [6, 6.07) is 0. The van der Waals surface area contributed by atoms with Gasteiger partial charge in [0.05, 0.1) is 10.2 Å². The van der Waals surface area contributed by atoms with Gasteiger partial charge in [-0.2, -0.15) is 8.42 Å². The van der Waals surface area contributed by atoms with Crippen molar-refractivity contribution in [3.05, 3.63) is 0 Å². The van der Waals surface area contributed by atoms with Crippen LogP contribution in [0.5, 0.6) is 0 Å². The minimum Gasteiger partial charge on any atom is -0.602 e. The SMILES string of the molecule is C[S+]([O-])[SH](=O)=O. The van der Waals surface area contributed by atoms with E-state index in [2.05, 4.69) is 0 Å². The molecule has 0 aliphatic heterocycles. The van der Waals surface area contributed by atoms with Gasteiger partial charge in [0.2, 0.25) is 0 Å². The molecule has 1 unspecified atom stereocenters. The summed E-state index contributed by atoms with van der Waals surface area (Å²) in [6.07, 6.45) is 1.12. The lowest BCUT2D eigenvalue weighted by Crippen LogP contribution is -1.95. The van der Waals surface area contributed by atoms with Gasteiger partial charge >= 0.3 is 9.74 Å². The van der Waals surface area contributed by atoms with E-state index in [1.807, 2.05) is 0 Å². The lowest BCUT2D eigenvalue weighted by Gasteiger charge is -1.86. The maximum atomic E-state index is 9.66. The van der Waals surface area contributed by atoms with Gasteiger partial charge in [0.15, 0.2) is 0 Å². The molecule has 0 aromatic heterocycles. The van der Waals surface area contributed by atoms with Crippen molar-refractivity contribution in [1.82, 2.24) is 0 Å². The highest BCUT2D eigenvalue weighted by Crippen LogP contribution is 1.76. The van der Waals surface area contributed by atoms with E-state index in [0.29, 0.717) is 0 Å². The van der Waals surface area contributed by atoms with Gasteiger partial charge < -0.3 is 4.55 Å². The second kappa shape index (κ2) is 2.44. The lowest BCUT2D eigenvalue weighted by molar-refractivity contribution is 0.595. The van der Waals surface area contributed by atoms with Crippen LogP contribution in [0.2, 0.25) is 0 Å². The maximum Gasteiger partial charge on any atom is 0.302 e. The average Bonchev–Trinajstić information content (AvgIpc) is 1.36. The van der Waals surface area contributed by atoms with E-state index >= 15 is 0 Å². The summed E-state index contributed by atoms with van der Waals surface area (Å²) in [5, 5.41) is 0. The summed E-state index contributed by atoms with van der Waals surface area (Å²) in [5.41, 5.74) is 0. The highest BCUT2D eigenvalue weighted by Gasteiger charge is 1.91. The van der Waals surface area contributed by atoms with E-state index in [1.54, 1.807) is 0 Å². The zero-order valence-electron chi connectivity index (χ0n) is 3.08. The van der Waals surface area contributed by atoms with Crippen LogP contribution in [0, 0.1) is 0 Å². The zero-order chi connectivity index (χ0) is 5.15. The normalized spacial score (nSPS) is 15.2. The fraction of sp³-hybridized carbons (Fsp3) is 1.00. The minimum absolute atomic E-state index is 1.12. The highest BCUT2D eigenvalue weighted by molar-refractivity contribution is 8.58. The summed E-state index contributed by atoms with van der Waals surface area (Å²) < 4.78 is 28.5. The second-order valence-electron chi connectivity index (χ2n) is 0.647. The van der Waals surface area contributed by atoms with E-state index in [4.69, 9.17) is 0 Å². The summed E-state index contributed by atoms with van der Waals surface area (Å²) in [4.78, 5) is 0. The van der Waals surface area contributed by atoms with E-state index < -0.39 is 19.9 Å². The first-order valence-corrected chi connectivity index (χ1v) is 4.46. The molecule has 0 saturated carbocycles. The largest absolute Gasteiger partial charge is 0.602 e. The molecule has 0 aliphatic carbocycles. The summed E-state index contributed by atoms with van der Waals surface area (Å²) in [6.45, 7) is 0. The fourth-order valence-corrected chi connectivity index (χ4v) is 0. The maximum absolute atomic E-state index is 9.66. The third-order valence-corrected chi connectivity index (χ3v) is 1.89. The van der Waals surface area contributed by atoms with Crippen LogP contribution in [-0.2, 0) is 19.9 Å². The molecule has 0 saturated heterocycles. The Labute approximate surface area is 39.9 Å². The Bertz CT molecular complexity index is 85.0. The van der Waals surface area contributed by atoms with Gasteiger partial charge in [-0.05, 0) is 0 Å². The molecule has 0 fully saturated rings. The molecule has 0 aromatic rings. The molecular weight excluding hydrogens is 124 g/mol. The quantitative estimate of drug-likeness (QED) is 0.277. The Kier molecular flexibility index (Phi) is 2.54. The van der Waals surface area contributed by atoms with Crippen molar-refractivity contribution < 1.29 is 13.0 Å². The summed E-state index contributed by atoms with van der Waals surface area (Å²) in [5.74, 6) is 0. The fourth-order valence-electron chi connectivity index (χ4n) is 0. The molecule has 6 heavy (non-hydrogen) atoms. The first-order valence-electron chi connectivity index (χ1n) is 1.12. The second-order valence-corrected chi connectivity index (χ2v) is 4.38. The Morgan fingerprint density at radius 1 is 1.67 bits per heavy atom. The van der Waals surface area contributed by atoms with Gasteiger partial charge in [-0.3, -0.25) is 0 Å². The van der Waals surface area contributed by atoms with Crippen molar-refractivity contribution in [2.24, 2.45) is 0 Å². The smallest absolute Gasteiger partial charge is 0.302 e. The van der Waals surface area contributed by atoms with Gasteiger partial charge in [-0.15, -0.1) is 0 Å². The molecule has 0 heterocycles. The van der Waals surface area contributed by atoms with Crippen molar-refractivity contribution in [1.29, 1.82) is 0 Å². The van der Waals surface area contributed by atoms with Crippen LogP contribution < -0.4 is 0 Å². The zero-order valence-corrected chi connectivity index (χ0v) is 4.79. The standard InChI is InChI=1S/CH4O3S2/c1-5(2)6(3)4/h6H,1H3. The van der Waals surface area contributed by atoms with Crippen LogP contribution in [0.1, 0.15) is 0 Å². The monoisotopic (exact) mass is 128 g/mol. The first kappa shape index (κ1) is 6.26. The molecule has 0 amide bonds. The number of hydrogen-bond acceptors (Lipinski definition) is 3. The molecule has 1 atom stereocenters. The Hall–Kier alpha value is 0.260. The van der Waals surface area contributed by atoms with Crippen LogP contribution in [0.4, 0.5) is 0 Å². The molecule has 38 valence electrons. The molecule has 0 spiro atoms. The summed E-state index contributed by atoms with van der Waals surface area (Å²) in [7, 11) is -4.35. The third-order valence-electron chi connectivity index (χ3n) is 0.210. The molecular formula is CH4O3S2. The number of thiol groups is 1. The van der Waals surface area contributed by atoms with Crippen molar-refractivity contribution in [2.45, 2.75) is 0 Å². The van der Waals surface area contributed by atoms with E-state index in [9.17, 15) is 13.0 Å². The molecule has 0 radical (unpaired) electrons. The van der Waals surface area contributed by atoms with Gasteiger partial charge in [0, 0.05) is 0 Å². The minimum atomic E-state index is -2.69. The number of hydrogen-bond donors (Lipinski definition) is 1. The molecule has 0 rings (SSSR count). The Morgan fingerprint density at radius 3 is 1.83 bits per heavy atom. The molecule has 0 bridgehead atoms. The summed E-state index contributed by atoms with van der Waals surface area (Å²) >= 11 is 0. The van der Waals surface area contributed by atoms with Gasteiger partial charge in [0.25, 0.3) is 0 Å². The van der Waals surface area contributed by atoms with Crippen LogP contribution in [0.25, 0.3) is 0 Å². The molecule has 0 aromatic carbocycles.